The molecule has 2 aromatic carbocycles. The van der Waals surface area contributed by atoms with E-state index in [0.717, 1.165) is 9.13 Å². The van der Waals surface area contributed by atoms with Gasteiger partial charge in [0.05, 0.1) is 6.10 Å². The molecule has 3 rings (SSSR count). The van der Waals surface area contributed by atoms with Crippen LogP contribution in [0, 0.1) is 14.9 Å². The van der Waals surface area contributed by atoms with E-state index in [9.17, 15) is 10.1 Å². The molecule has 0 aliphatic carbocycles. The van der Waals surface area contributed by atoms with Gasteiger partial charge in [-0.25, -0.2) is 0 Å². The lowest BCUT2D eigenvalue weighted by molar-refractivity contribution is -0.112. The van der Waals surface area contributed by atoms with Crippen LogP contribution < -0.4 is 10.1 Å². The second kappa shape index (κ2) is 9.43. The predicted molar refractivity (Wildman–Crippen MR) is 121 cm³/mol. The second-order valence-electron chi connectivity index (χ2n) is 6.53. The monoisotopic (exact) mass is 498 g/mol. The topological polar surface area (TPSA) is 75.3 Å². The number of amides is 1. The van der Waals surface area contributed by atoms with E-state index in [1.165, 1.54) is 6.08 Å². The van der Waals surface area contributed by atoms with Crippen molar-refractivity contribution in [3.63, 3.8) is 0 Å². The fraction of sp³-hybridized carbons (Fsp3) is 0.130. The van der Waals surface area contributed by atoms with E-state index in [4.69, 9.17) is 9.15 Å². The quantitative estimate of drug-likeness (QED) is 0.262. The van der Waals surface area contributed by atoms with Crippen molar-refractivity contribution in [2.24, 2.45) is 0 Å². The van der Waals surface area contributed by atoms with Crippen LogP contribution in [0.25, 0.3) is 17.4 Å². The summed E-state index contributed by atoms with van der Waals surface area (Å²) in [6.07, 6.45) is 1.46. The first-order valence-electron chi connectivity index (χ1n) is 9.00. The van der Waals surface area contributed by atoms with Crippen LogP contribution in [0.4, 0.5) is 5.69 Å². The average molecular weight is 498 g/mol. The Morgan fingerprint density at radius 2 is 1.93 bits per heavy atom. The highest BCUT2D eigenvalue weighted by Gasteiger charge is 2.12. The van der Waals surface area contributed by atoms with E-state index in [2.05, 4.69) is 27.9 Å². The van der Waals surface area contributed by atoms with Crippen molar-refractivity contribution in [2.75, 3.05) is 5.32 Å². The molecular formula is C23H19IN2O3. The smallest absolute Gasteiger partial charge is 0.266 e. The zero-order chi connectivity index (χ0) is 20.8. The number of carbonyl (C=O) groups excluding carboxylic acids is 1. The number of hydrogen-bond acceptors (Lipinski definition) is 4. The Hall–Kier alpha value is -3.05. The third-order valence-corrected chi connectivity index (χ3v) is 4.59. The molecule has 0 atom stereocenters. The number of benzene rings is 2. The summed E-state index contributed by atoms with van der Waals surface area (Å²) in [6, 6.07) is 20.4. The number of ether oxygens (including phenoxy) is 1. The van der Waals surface area contributed by atoms with Gasteiger partial charge in [-0.3, -0.25) is 4.79 Å². The van der Waals surface area contributed by atoms with Crippen LogP contribution in [-0.2, 0) is 4.79 Å². The lowest BCUT2D eigenvalue weighted by Crippen LogP contribution is -2.13. The number of furan rings is 1. The van der Waals surface area contributed by atoms with Gasteiger partial charge < -0.3 is 14.5 Å². The fourth-order valence-electron chi connectivity index (χ4n) is 2.61. The van der Waals surface area contributed by atoms with Crippen LogP contribution in [0.15, 0.2) is 70.7 Å². The minimum absolute atomic E-state index is 0.0248. The molecule has 0 fully saturated rings. The molecule has 0 saturated heterocycles. The van der Waals surface area contributed by atoms with E-state index < -0.39 is 5.91 Å². The second-order valence-corrected chi connectivity index (χ2v) is 7.77. The highest BCUT2D eigenvalue weighted by atomic mass is 127. The number of rotatable bonds is 6. The van der Waals surface area contributed by atoms with Gasteiger partial charge in [-0.1, -0.05) is 18.2 Å². The van der Waals surface area contributed by atoms with Crippen molar-refractivity contribution in [3.05, 3.63) is 75.6 Å². The van der Waals surface area contributed by atoms with Crippen LogP contribution in [0.3, 0.4) is 0 Å². The Morgan fingerprint density at radius 1 is 1.17 bits per heavy atom. The SMILES string of the molecule is CC(C)Oc1cccc(NC(=O)/C(C#N)=C\c2ccc(-c3ccc(I)cc3)o2)c1. The van der Waals surface area contributed by atoms with Gasteiger partial charge >= 0.3 is 0 Å². The maximum absolute atomic E-state index is 12.5. The van der Waals surface area contributed by atoms with Crippen LogP contribution >= 0.6 is 22.6 Å². The van der Waals surface area contributed by atoms with Gasteiger partial charge in [0.25, 0.3) is 5.91 Å². The third kappa shape index (κ3) is 5.72. The summed E-state index contributed by atoms with van der Waals surface area (Å²) in [5.41, 5.74) is 1.42. The first-order chi connectivity index (χ1) is 13.9. The molecule has 1 N–H and O–H groups in total. The average Bonchev–Trinajstić information content (AvgIpc) is 3.15. The van der Waals surface area contributed by atoms with E-state index in [0.29, 0.717) is 23.0 Å². The number of carbonyl (C=O) groups is 1. The van der Waals surface area contributed by atoms with E-state index >= 15 is 0 Å². The molecule has 6 heteroatoms. The Kier molecular flexibility index (Phi) is 6.73. The number of anilines is 1. The molecule has 5 nitrogen and oxygen atoms in total. The number of nitriles is 1. The van der Waals surface area contributed by atoms with Gasteiger partial charge in [0.15, 0.2) is 0 Å². The molecular weight excluding hydrogens is 479 g/mol. The standard InChI is InChI=1S/C23H19IN2O3/c1-15(2)28-20-5-3-4-19(13-20)26-23(27)17(14-25)12-21-10-11-22(29-21)16-6-8-18(24)9-7-16/h3-13,15H,1-2H3,(H,26,27)/b17-12-. The van der Waals surface area contributed by atoms with E-state index in [1.807, 2.05) is 56.3 Å². The first-order valence-corrected chi connectivity index (χ1v) is 10.1. The Labute approximate surface area is 183 Å². The number of hydrogen-bond donors (Lipinski definition) is 1. The van der Waals surface area contributed by atoms with Crippen LogP contribution in [0.2, 0.25) is 0 Å². The molecule has 0 aliphatic heterocycles. The molecule has 146 valence electrons. The van der Waals surface area contributed by atoms with E-state index in [1.54, 1.807) is 24.3 Å². The number of nitrogens with zero attached hydrogens (tertiary/aromatic N) is 1. The highest BCUT2D eigenvalue weighted by Crippen LogP contribution is 2.25. The largest absolute Gasteiger partial charge is 0.491 e. The van der Waals surface area contributed by atoms with Crippen LogP contribution in [0.5, 0.6) is 5.75 Å². The number of halogens is 1. The fourth-order valence-corrected chi connectivity index (χ4v) is 2.97. The zero-order valence-electron chi connectivity index (χ0n) is 16.0. The summed E-state index contributed by atoms with van der Waals surface area (Å²) in [4.78, 5) is 12.5. The van der Waals surface area contributed by atoms with Gasteiger partial charge in [0, 0.05) is 27.0 Å². The summed E-state index contributed by atoms with van der Waals surface area (Å²) in [5.74, 6) is 1.24. The van der Waals surface area contributed by atoms with Crippen molar-refractivity contribution in [1.82, 2.24) is 0 Å². The lowest BCUT2D eigenvalue weighted by Gasteiger charge is -2.11. The van der Waals surface area contributed by atoms with Gasteiger partial charge in [-0.05, 0) is 72.8 Å². The van der Waals surface area contributed by atoms with Gasteiger partial charge in [-0.15, -0.1) is 0 Å². The summed E-state index contributed by atoms with van der Waals surface area (Å²) in [5, 5.41) is 12.1. The normalized spacial score (nSPS) is 11.2. The Bertz CT molecular complexity index is 1080. The summed E-state index contributed by atoms with van der Waals surface area (Å²) >= 11 is 2.24. The maximum atomic E-state index is 12.5. The first kappa shape index (κ1) is 20.7. The number of nitrogens with one attached hydrogen (secondary N) is 1. The van der Waals surface area contributed by atoms with Crippen molar-refractivity contribution in [3.8, 4) is 23.1 Å². The van der Waals surface area contributed by atoms with Crippen molar-refractivity contribution < 1.29 is 13.9 Å². The molecule has 0 aliphatic rings. The Morgan fingerprint density at radius 3 is 2.62 bits per heavy atom. The highest BCUT2D eigenvalue weighted by molar-refractivity contribution is 14.1. The van der Waals surface area contributed by atoms with E-state index in [-0.39, 0.29) is 11.7 Å². The summed E-state index contributed by atoms with van der Waals surface area (Å²) < 4.78 is 12.5. The molecule has 0 bridgehead atoms. The predicted octanol–water partition coefficient (Wildman–Crippen LogP) is 5.88. The third-order valence-electron chi connectivity index (χ3n) is 3.87. The van der Waals surface area contributed by atoms with Crippen LogP contribution in [-0.4, -0.2) is 12.0 Å². The minimum Gasteiger partial charge on any atom is -0.491 e. The van der Waals surface area contributed by atoms with Crippen molar-refractivity contribution >= 4 is 40.3 Å². The van der Waals surface area contributed by atoms with Crippen molar-refractivity contribution in [1.29, 1.82) is 5.26 Å². The minimum atomic E-state index is -0.513. The van der Waals surface area contributed by atoms with Gasteiger partial charge in [-0.2, -0.15) is 5.26 Å². The molecule has 1 aromatic heterocycles. The zero-order valence-corrected chi connectivity index (χ0v) is 18.1. The van der Waals surface area contributed by atoms with Gasteiger partial charge in [0.1, 0.15) is 28.9 Å². The molecule has 1 amide bonds. The molecule has 0 spiro atoms. The maximum Gasteiger partial charge on any atom is 0.266 e. The molecule has 0 saturated carbocycles. The lowest BCUT2D eigenvalue weighted by atomic mass is 10.2. The molecule has 0 unspecified atom stereocenters. The Balaban J connectivity index is 1.75. The molecule has 29 heavy (non-hydrogen) atoms. The van der Waals surface area contributed by atoms with Crippen molar-refractivity contribution in [2.45, 2.75) is 20.0 Å². The van der Waals surface area contributed by atoms with Gasteiger partial charge in [0.2, 0.25) is 0 Å². The molecule has 0 radical (unpaired) electrons. The molecule has 1 heterocycles. The summed E-state index contributed by atoms with van der Waals surface area (Å²) in [6.45, 7) is 3.85. The van der Waals surface area contributed by atoms with Crippen LogP contribution in [0.1, 0.15) is 19.6 Å². The summed E-state index contributed by atoms with van der Waals surface area (Å²) in [7, 11) is 0. The molecule has 3 aromatic rings.